The van der Waals surface area contributed by atoms with Crippen molar-refractivity contribution in [3.63, 3.8) is 0 Å². The van der Waals surface area contributed by atoms with Crippen molar-refractivity contribution in [2.75, 3.05) is 26.7 Å². The summed E-state index contributed by atoms with van der Waals surface area (Å²) in [5.74, 6) is 0.890. The van der Waals surface area contributed by atoms with E-state index in [-0.39, 0.29) is 5.91 Å². The van der Waals surface area contributed by atoms with Crippen LogP contribution in [-0.2, 0) is 10.2 Å². The number of nitrogens with one attached hydrogen (secondary N) is 1. The second kappa shape index (κ2) is 8.04. The van der Waals surface area contributed by atoms with Gasteiger partial charge in [0.15, 0.2) is 0 Å². The molecule has 132 valence electrons. The monoisotopic (exact) mass is 333 g/mol. The summed E-state index contributed by atoms with van der Waals surface area (Å²) in [7, 11) is 1.63. The van der Waals surface area contributed by atoms with E-state index >= 15 is 0 Å². The Kier molecular flexibility index (Phi) is 6.06. The number of hydrogen-bond acceptors (Lipinski definition) is 3. The number of urea groups is 1. The van der Waals surface area contributed by atoms with Crippen LogP contribution in [-0.4, -0.2) is 43.6 Å². The number of ether oxygens (including phenoxy) is 1. The summed E-state index contributed by atoms with van der Waals surface area (Å²) in [6, 6.07) is 7.24. The molecule has 1 aliphatic heterocycles. The highest BCUT2D eigenvalue weighted by Gasteiger charge is 2.42. The number of carbonyl (C=O) groups excluding carboxylic acids is 2. The molecule has 24 heavy (non-hydrogen) atoms. The summed E-state index contributed by atoms with van der Waals surface area (Å²) < 4.78 is 5.33. The Bertz CT molecular complexity index is 591. The van der Waals surface area contributed by atoms with Crippen LogP contribution < -0.4 is 15.8 Å². The van der Waals surface area contributed by atoms with E-state index in [1.165, 1.54) is 0 Å². The molecule has 1 atom stereocenters. The van der Waals surface area contributed by atoms with Crippen molar-refractivity contribution in [3.8, 4) is 5.75 Å². The molecule has 3 N–H and O–H groups in total. The van der Waals surface area contributed by atoms with E-state index in [9.17, 15) is 9.59 Å². The number of carbonyl (C=O) groups is 2. The van der Waals surface area contributed by atoms with Gasteiger partial charge in [-0.2, -0.15) is 0 Å². The number of primary amides is 1. The summed E-state index contributed by atoms with van der Waals surface area (Å²) in [4.78, 5) is 26.0. The number of benzene rings is 1. The van der Waals surface area contributed by atoms with Gasteiger partial charge in [0.05, 0.1) is 12.5 Å². The zero-order valence-electron chi connectivity index (χ0n) is 14.5. The van der Waals surface area contributed by atoms with E-state index < -0.39 is 11.4 Å². The predicted molar refractivity (Wildman–Crippen MR) is 93.0 cm³/mol. The predicted octanol–water partition coefficient (Wildman–Crippen LogP) is 2.02. The Balaban J connectivity index is 2.28. The molecule has 0 radical (unpaired) electrons. The molecule has 1 aromatic rings. The molecule has 0 bridgehead atoms. The first kappa shape index (κ1) is 18.1. The van der Waals surface area contributed by atoms with Gasteiger partial charge in [-0.3, -0.25) is 4.79 Å². The van der Waals surface area contributed by atoms with E-state index in [2.05, 4.69) is 12.2 Å². The average molecular weight is 333 g/mol. The molecule has 1 aliphatic rings. The van der Waals surface area contributed by atoms with Crippen molar-refractivity contribution >= 4 is 11.9 Å². The quantitative estimate of drug-likeness (QED) is 0.835. The summed E-state index contributed by atoms with van der Waals surface area (Å²) in [5, 5.41) is 2.56. The SMILES string of the molecule is CCC1(c2cccc(OC)c2)CCCCN(CCNC(N)=O)C1=O. The fourth-order valence-electron chi connectivity index (χ4n) is 3.49. The third kappa shape index (κ3) is 3.80. The van der Waals surface area contributed by atoms with Crippen LogP contribution in [0, 0.1) is 0 Å². The molecule has 6 nitrogen and oxygen atoms in total. The summed E-state index contributed by atoms with van der Waals surface area (Å²) >= 11 is 0. The minimum Gasteiger partial charge on any atom is -0.497 e. The van der Waals surface area contributed by atoms with Crippen LogP contribution in [0.5, 0.6) is 5.75 Å². The van der Waals surface area contributed by atoms with Crippen LogP contribution in [0.15, 0.2) is 24.3 Å². The van der Waals surface area contributed by atoms with Crippen LogP contribution in [0.2, 0.25) is 0 Å². The first-order valence-electron chi connectivity index (χ1n) is 8.50. The van der Waals surface area contributed by atoms with Crippen LogP contribution >= 0.6 is 0 Å². The number of likely N-dealkylation sites (tertiary alicyclic amines) is 1. The van der Waals surface area contributed by atoms with E-state index in [4.69, 9.17) is 10.5 Å². The van der Waals surface area contributed by atoms with E-state index in [1.807, 2.05) is 29.2 Å². The van der Waals surface area contributed by atoms with Gasteiger partial charge >= 0.3 is 6.03 Å². The third-order valence-electron chi connectivity index (χ3n) is 4.89. The van der Waals surface area contributed by atoms with Crippen molar-refractivity contribution in [3.05, 3.63) is 29.8 Å². The number of hydrogen-bond donors (Lipinski definition) is 2. The maximum Gasteiger partial charge on any atom is 0.312 e. The molecule has 1 heterocycles. The molecular formula is C18H27N3O3. The van der Waals surface area contributed by atoms with Gasteiger partial charge in [-0.1, -0.05) is 25.5 Å². The first-order valence-corrected chi connectivity index (χ1v) is 8.50. The van der Waals surface area contributed by atoms with Crippen molar-refractivity contribution in [1.29, 1.82) is 0 Å². The molecule has 0 aromatic heterocycles. The molecule has 0 saturated carbocycles. The van der Waals surface area contributed by atoms with Crippen LogP contribution in [0.1, 0.15) is 38.2 Å². The van der Waals surface area contributed by atoms with Gasteiger partial charge in [0.1, 0.15) is 5.75 Å². The van der Waals surface area contributed by atoms with E-state index in [0.717, 1.165) is 37.0 Å². The minimum atomic E-state index is -0.563. The molecule has 1 aromatic carbocycles. The molecule has 0 aliphatic carbocycles. The van der Waals surface area contributed by atoms with Gasteiger partial charge in [-0.05, 0) is 37.0 Å². The normalized spacial score (nSPS) is 21.2. The molecular weight excluding hydrogens is 306 g/mol. The van der Waals surface area contributed by atoms with Crippen LogP contribution in [0.4, 0.5) is 4.79 Å². The lowest BCUT2D eigenvalue weighted by molar-refractivity contribution is -0.137. The fourth-order valence-corrected chi connectivity index (χ4v) is 3.49. The lowest BCUT2D eigenvalue weighted by atomic mass is 9.73. The molecule has 3 amide bonds. The van der Waals surface area contributed by atoms with E-state index in [1.54, 1.807) is 7.11 Å². The Morgan fingerprint density at radius 2 is 2.21 bits per heavy atom. The molecule has 1 fully saturated rings. The van der Waals surface area contributed by atoms with Crippen LogP contribution in [0.3, 0.4) is 0 Å². The molecule has 1 unspecified atom stereocenters. The largest absolute Gasteiger partial charge is 0.497 e. The van der Waals surface area contributed by atoms with E-state index in [0.29, 0.717) is 19.6 Å². The van der Waals surface area contributed by atoms with Gasteiger partial charge in [-0.25, -0.2) is 4.79 Å². The smallest absolute Gasteiger partial charge is 0.312 e. The van der Waals surface area contributed by atoms with Gasteiger partial charge in [0, 0.05) is 19.6 Å². The van der Waals surface area contributed by atoms with Crippen LogP contribution in [0.25, 0.3) is 0 Å². The molecule has 6 heteroatoms. The Morgan fingerprint density at radius 1 is 1.42 bits per heavy atom. The lowest BCUT2D eigenvalue weighted by Crippen LogP contribution is -2.48. The van der Waals surface area contributed by atoms with Crippen molar-refractivity contribution in [2.24, 2.45) is 5.73 Å². The maximum atomic E-state index is 13.3. The zero-order chi connectivity index (χ0) is 17.6. The summed E-state index contributed by atoms with van der Waals surface area (Å²) in [6.45, 7) is 3.62. The lowest BCUT2D eigenvalue weighted by Gasteiger charge is -2.35. The van der Waals surface area contributed by atoms with Gasteiger partial charge in [0.25, 0.3) is 0 Å². The molecule has 2 rings (SSSR count). The average Bonchev–Trinajstić information content (AvgIpc) is 2.75. The molecule has 1 saturated heterocycles. The van der Waals surface area contributed by atoms with Crippen molar-refractivity contribution < 1.29 is 14.3 Å². The number of methoxy groups -OCH3 is 1. The highest BCUT2D eigenvalue weighted by Crippen LogP contribution is 2.38. The standard InChI is InChI=1S/C18H27N3O3/c1-3-18(14-7-6-8-15(13-14)24-2)9-4-5-11-21(16(18)22)12-10-20-17(19)23/h6-8,13H,3-5,9-12H2,1-2H3,(H3,19,20,23). The fraction of sp³-hybridized carbons (Fsp3) is 0.556. The Hall–Kier alpha value is -2.24. The van der Waals surface area contributed by atoms with Gasteiger partial charge in [0.2, 0.25) is 5.91 Å². The Morgan fingerprint density at radius 3 is 2.88 bits per heavy atom. The highest BCUT2D eigenvalue weighted by atomic mass is 16.5. The highest BCUT2D eigenvalue weighted by molar-refractivity contribution is 5.88. The van der Waals surface area contributed by atoms with Crippen molar-refractivity contribution in [2.45, 2.75) is 38.0 Å². The minimum absolute atomic E-state index is 0.127. The van der Waals surface area contributed by atoms with Gasteiger partial charge < -0.3 is 20.7 Å². The Labute approximate surface area is 143 Å². The topological polar surface area (TPSA) is 84.7 Å². The summed E-state index contributed by atoms with van der Waals surface area (Å²) in [6.07, 6.45) is 3.53. The second-order valence-electron chi connectivity index (χ2n) is 6.21. The maximum absolute atomic E-state index is 13.3. The number of nitrogens with zero attached hydrogens (tertiary/aromatic N) is 1. The van der Waals surface area contributed by atoms with Crippen molar-refractivity contribution in [1.82, 2.24) is 10.2 Å². The number of rotatable bonds is 6. The number of nitrogens with two attached hydrogens (primary N) is 1. The second-order valence-corrected chi connectivity index (χ2v) is 6.21. The molecule has 0 spiro atoms. The number of amides is 3. The summed E-state index contributed by atoms with van der Waals surface area (Å²) in [5.41, 5.74) is 5.58. The first-order chi connectivity index (χ1) is 11.5. The van der Waals surface area contributed by atoms with Gasteiger partial charge in [-0.15, -0.1) is 0 Å². The third-order valence-corrected chi connectivity index (χ3v) is 4.89. The zero-order valence-corrected chi connectivity index (χ0v) is 14.5.